The molecule has 1 saturated heterocycles. The first-order valence-electron chi connectivity index (χ1n) is 9.38. The number of likely N-dealkylation sites (tertiary alicyclic amines) is 1. The Bertz CT molecular complexity index is 743. The van der Waals surface area contributed by atoms with E-state index in [4.69, 9.17) is 0 Å². The summed E-state index contributed by atoms with van der Waals surface area (Å²) in [5.74, 6) is 0.167. The molecule has 27 heavy (non-hydrogen) atoms. The minimum Gasteiger partial charge on any atom is -0.345 e. The molecule has 0 saturated carbocycles. The van der Waals surface area contributed by atoms with E-state index >= 15 is 0 Å². The number of pyridine rings is 1. The Kier molecular flexibility index (Phi) is 6.41. The van der Waals surface area contributed by atoms with Crippen molar-refractivity contribution in [2.75, 3.05) is 32.0 Å². The maximum atomic E-state index is 12.7. The lowest BCUT2D eigenvalue weighted by molar-refractivity contribution is -0.135. The van der Waals surface area contributed by atoms with Gasteiger partial charge in [-0.1, -0.05) is 18.2 Å². The number of hydrogen-bond acceptors (Lipinski definition) is 3. The van der Waals surface area contributed by atoms with Crippen molar-refractivity contribution in [2.24, 2.45) is 5.92 Å². The maximum Gasteiger partial charge on any atom is 0.321 e. The molecule has 6 heteroatoms. The zero-order valence-corrected chi connectivity index (χ0v) is 15.7. The third-order valence-electron chi connectivity index (χ3n) is 5.02. The van der Waals surface area contributed by atoms with Gasteiger partial charge in [-0.15, -0.1) is 0 Å². The second-order valence-corrected chi connectivity index (χ2v) is 6.92. The number of para-hydroxylation sites is 1. The summed E-state index contributed by atoms with van der Waals surface area (Å²) in [6.07, 6.45) is 5.78. The van der Waals surface area contributed by atoms with Crippen LogP contribution in [0.2, 0.25) is 0 Å². The Morgan fingerprint density at radius 3 is 2.44 bits per heavy atom. The predicted octanol–water partition coefficient (Wildman–Crippen LogP) is 3.03. The highest BCUT2D eigenvalue weighted by Gasteiger charge is 2.29. The molecule has 1 aliphatic heterocycles. The summed E-state index contributed by atoms with van der Waals surface area (Å²) in [7, 11) is 1.86. The zero-order chi connectivity index (χ0) is 19.1. The average molecular weight is 366 g/mol. The van der Waals surface area contributed by atoms with Gasteiger partial charge in [0.2, 0.25) is 5.91 Å². The van der Waals surface area contributed by atoms with Crippen LogP contribution in [0, 0.1) is 5.92 Å². The van der Waals surface area contributed by atoms with Crippen LogP contribution in [0.1, 0.15) is 18.4 Å². The van der Waals surface area contributed by atoms with Gasteiger partial charge in [-0.05, 0) is 49.1 Å². The highest BCUT2D eigenvalue weighted by molar-refractivity contribution is 5.89. The average Bonchev–Trinajstić information content (AvgIpc) is 2.73. The van der Waals surface area contributed by atoms with Crippen LogP contribution < -0.4 is 5.32 Å². The molecule has 1 aliphatic rings. The molecule has 2 aromatic rings. The molecule has 0 radical (unpaired) electrons. The van der Waals surface area contributed by atoms with Gasteiger partial charge in [-0.25, -0.2) is 4.79 Å². The van der Waals surface area contributed by atoms with Crippen LogP contribution in [-0.2, 0) is 11.2 Å². The second kappa shape index (κ2) is 9.16. The van der Waals surface area contributed by atoms with Gasteiger partial charge in [-0.3, -0.25) is 9.78 Å². The molecule has 0 atom stereocenters. The van der Waals surface area contributed by atoms with Gasteiger partial charge < -0.3 is 15.1 Å². The van der Waals surface area contributed by atoms with Crippen molar-refractivity contribution in [1.82, 2.24) is 14.8 Å². The number of carbonyl (C=O) groups is 2. The van der Waals surface area contributed by atoms with Crippen molar-refractivity contribution in [1.29, 1.82) is 0 Å². The molecule has 0 spiro atoms. The van der Waals surface area contributed by atoms with E-state index in [0.717, 1.165) is 12.1 Å². The van der Waals surface area contributed by atoms with Crippen molar-refractivity contribution in [3.63, 3.8) is 0 Å². The number of anilines is 1. The summed E-state index contributed by atoms with van der Waals surface area (Å²) < 4.78 is 0. The summed E-state index contributed by atoms with van der Waals surface area (Å²) in [6, 6.07) is 13.3. The zero-order valence-electron chi connectivity index (χ0n) is 15.7. The van der Waals surface area contributed by atoms with Crippen molar-refractivity contribution < 1.29 is 9.59 Å². The van der Waals surface area contributed by atoms with E-state index in [2.05, 4.69) is 10.3 Å². The lowest BCUT2D eigenvalue weighted by Crippen LogP contribution is -2.45. The van der Waals surface area contributed by atoms with Gasteiger partial charge >= 0.3 is 6.03 Å². The molecule has 6 nitrogen and oxygen atoms in total. The number of likely N-dealkylation sites (N-methyl/N-ethyl adjacent to an activating group) is 1. The van der Waals surface area contributed by atoms with Crippen LogP contribution in [0.25, 0.3) is 0 Å². The fraction of sp³-hybridized carbons (Fsp3) is 0.381. The molecule has 0 bridgehead atoms. The molecule has 1 N–H and O–H groups in total. The topological polar surface area (TPSA) is 65.5 Å². The van der Waals surface area contributed by atoms with Crippen molar-refractivity contribution in [3.8, 4) is 0 Å². The number of urea groups is 1. The first-order chi connectivity index (χ1) is 13.1. The number of nitrogens with one attached hydrogen (secondary N) is 1. The first kappa shape index (κ1) is 18.9. The highest BCUT2D eigenvalue weighted by atomic mass is 16.2. The fourth-order valence-electron chi connectivity index (χ4n) is 3.32. The third kappa shape index (κ3) is 5.29. The smallest absolute Gasteiger partial charge is 0.321 e. The summed E-state index contributed by atoms with van der Waals surface area (Å²) in [5, 5.41) is 2.90. The number of hydrogen-bond donors (Lipinski definition) is 1. The Balaban J connectivity index is 1.43. The molecule has 1 aromatic heterocycles. The molecule has 142 valence electrons. The van der Waals surface area contributed by atoms with E-state index < -0.39 is 0 Å². The maximum absolute atomic E-state index is 12.7. The van der Waals surface area contributed by atoms with E-state index in [0.29, 0.717) is 32.5 Å². The van der Waals surface area contributed by atoms with E-state index in [1.54, 1.807) is 17.3 Å². The van der Waals surface area contributed by atoms with Crippen LogP contribution >= 0.6 is 0 Å². The van der Waals surface area contributed by atoms with Crippen LogP contribution in [0.3, 0.4) is 0 Å². The molecule has 1 fully saturated rings. The van der Waals surface area contributed by atoms with E-state index in [1.165, 1.54) is 5.56 Å². The van der Waals surface area contributed by atoms with Crippen LogP contribution in [0.4, 0.5) is 10.5 Å². The van der Waals surface area contributed by atoms with E-state index in [1.807, 2.05) is 54.4 Å². The summed E-state index contributed by atoms with van der Waals surface area (Å²) in [5.41, 5.74) is 1.97. The quantitative estimate of drug-likeness (QED) is 0.885. The number of amides is 3. The highest BCUT2D eigenvalue weighted by Crippen LogP contribution is 2.20. The van der Waals surface area contributed by atoms with Gasteiger partial charge in [0.1, 0.15) is 0 Å². The molecule has 3 rings (SSSR count). The summed E-state index contributed by atoms with van der Waals surface area (Å²) >= 11 is 0. The van der Waals surface area contributed by atoms with Crippen LogP contribution in [-0.4, -0.2) is 53.4 Å². The predicted molar refractivity (Wildman–Crippen MR) is 105 cm³/mol. The minimum absolute atomic E-state index is 0.00628. The molecular formula is C21H26N4O2. The van der Waals surface area contributed by atoms with Gasteiger partial charge in [0.25, 0.3) is 0 Å². The Hall–Kier alpha value is -2.89. The van der Waals surface area contributed by atoms with Gasteiger partial charge in [0, 0.05) is 50.7 Å². The molecule has 0 unspecified atom stereocenters. The number of rotatable bonds is 5. The second-order valence-electron chi connectivity index (χ2n) is 6.92. The molecule has 2 heterocycles. The lowest BCUT2D eigenvalue weighted by Gasteiger charge is -2.33. The molecule has 0 aliphatic carbocycles. The first-order valence-corrected chi connectivity index (χ1v) is 9.38. The van der Waals surface area contributed by atoms with Gasteiger partial charge in [0.05, 0.1) is 0 Å². The Morgan fingerprint density at radius 2 is 1.78 bits per heavy atom. The summed E-state index contributed by atoms with van der Waals surface area (Å²) in [6.45, 7) is 1.90. The molecule has 1 aromatic carbocycles. The number of carbonyl (C=O) groups excluding carboxylic acids is 2. The van der Waals surface area contributed by atoms with Gasteiger partial charge in [-0.2, -0.15) is 0 Å². The number of aromatic nitrogens is 1. The number of nitrogens with zero attached hydrogens (tertiary/aromatic N) is 3. The number of benzene rings is 1. The lowest BCUT2D eigenvalue weighted by atomic mass is 9.95. The monoisotopic (exact) mass is 366 g/mol. The Morgan fingerprint density at radius 1 is 1.11 bits per heavy atom. The van der Waals surface area contributed by atoms with E-state index in [9.17, 15) is 9.59 Å². The van der Waals surface area contributed by atoms with Crippen molar-refractivity contribution in [3.05, 3.63) is 60.4 Å². The van der Waals surface area contributed by atoms with E-state index in [-0.39, 0.29) is 17.9 Å². The standard InChI is InChI=1S/C21H26N4O2/c1-24(14-9-17-7-12-22-13-8-17)20(26)18-10-15-25(16-11-18)21(27)23-19-5-3-2-4-6-19/h2-8,12-13,18H,9-11,14-16H2,1H3,(H,23,27). The fourth-order valence-corrected chi connectivity index (χ4v) is 3.32. The SMILES string of the molecule is CN(CCc1ccncc1)C(=O)C1CCN(C(=O)Nc2ccccc2)CC1. The minimum atomic E-state index is -0.0989. The largest absolute Gasteiger partial charge is 0.345 e. The number of piperidine rings is 1. The van der Waals surface area contributed by atoms with Crippen molar-refractivity contribution >= 4 is 17.6 Å². The summed E-state index contributed by atoms with van der Waals surface area (Å²) in [4.78, 5) is 32.6. The van der Waals surface area contributed by atoms with Gasteiger partial charge in [0.15, 0.2) is 0 Å². The van der Waals surface area contributed by atoms with Crippen LogP contribution in [0.5, 0.6) is 0 Å². The normalized spacial score (nSPS) is 14.6. The molecule has 3 amide bonds. The third-order valence-corrected chi connectivity index (χ3v) is 5.02. The van der Waals surface area contributed by atoms with Crippen LogP contribution in [0.15, 0.2) is 54.9 Å². The molecular weight excluding hydrogens is 340 g/mol. The Labute approximate surface area is 160 Å². The van der Waals surface area contributed by atoms with Crippen molar-refractivity contribution in [2.45, 2.75) is 19.3 Å².